The van der Waals surface area contributed by atoms with Gasteiger partial charge in [-0.25, -0.2) is 0 Å². The Bertz CT molecular complexity index is 229. The zero-order valence-electron chi connectivity index (χ0n) is 14.0. The molecule has 0 unspecified atom stereocenters. The minimum atomic E-state index is -0.198. The molecule has 0 saturated heterocycles. The van der Waals surface area contributed by atoms with Gasteiger partial charge in [-0.2, -0.15) is 0 Å². The number of unbranched alkanes of at least 4 members (excludes halogenated alkanes) is 6. The predicted octanol–water partition coefficient (Wildman–Crippen LogP) is 4.01. The van der Waals surface area contributed by atoms with E-state index >= 15 is 0 Å². The van der Waals surface area contributed by atoms with Crippen molar-refractivity contribution in [1.82, 2.24) is 5.32 Å². The van der Waals surface area contributed by atoms with Crippen molar-refractivity contribution < 1.29 is 4.79 Å². The van der Waals surface area contributed by atoms with Gasteiger partial charge in [0.15, 0.2) is 0 Å². The van der Waals surface area contributed by atoms with E-state index in [1.54, 1.807) is 0 Å². The molecular formula is C17H36N2O. The fourth-order valence-electron chi connectivity index (χ4n) is 2.64. The highest BCUT2D eigenvalue weighted by Crippen LogP contribution is 2.31. The van der Waals surface area contributed by atoms with Crippen LogP contribution in [-0.2, 0) is 4.79 Å². The fraction of sp³-hybridized carbons (Fsp3) is 0.941. The average Bonchev–Trinajstić information content (AvgIpc) is 2.45. The van der Waals surface area contributed by atoms with Crippen LogP contribution in [0.4, 0.5) is 0 Å². The highest BCUT2D eigenvalue weighted by Gasteiger charge is 2.31. The van der Waals surface area contributed by atoms with Crippen LogP contribution in [0.15, 0.2) is 0 Å². The van der Waals surface area contributed by atoms with Gasteiger partial charge in [0.05, 0.1) is 0 Å². The zero-order valence-corrected chi connectivity index (χ0v) is 14.0. The molecule has 0 spiro atoms. The van der Waals surface area contributed by atoms with E-state index in [-0.39, 0.29) is 11.3 Å². The molecular weight excluding hydrogens is 248 g/mol. The van der Waals surface area contributed by atoms with Crippen molar-refractivity contribution in [3.05, 3.63) is 0 Å². The highest BCUT2D eigenvalue weighted by molar-refractivity contribution is 5.82. The summed E-state index contributed by atoms with van der Waals surface area (Å²) in [5.41, 5.74) is 5.29. The number of carbonyl (C=O) groups is 1. The van der Waals surface area contributed by atoms with Crippen LogP contribution in [0.5, 0.6) is 0 Å². The lowest BCUT2D eigenvalue weighted by atomic mass is 9.79. The van der Waals surface area contributed by atoms with Gasteiger partial charge in [0.25, 0.3) is 0 Å². The third-order valence-electron chi connectivity index (χ3n) is 4.14. The lowest BCUT2D eigenvalue weighted by molar-refractivity contribution is -0.131. The normalized spacial score (nSPS) is 11.6. The van der Waals surface area contributed by atoms with Crippen LogP contribution in [-0.4, -0.2) is 19.0 Å². The maximum atomic E-state index is 12.4. The summed E-state index contributed by atoms with van der Waals surface area (Å²) >= 11 is 0. The molecule has 120 valence electrons. The zero-order chi connectivity index (χ0) is 15.3. The molecule has 0 atom stereocenters. The Morgan fingerprint density at radius 3 is 1.85 bits per heavy atom. The molecule has 0 aromatic carbocycles. The Hall–Kier alpha value is -0.570. The lowest BCUT2D eigenvalue weighted by Gasteiger charge is -2.28. The molecule has 20 heavy (non-hydrogen) atoms. The largest absolute Gasteiger partial charge is 0.354 e. The quantitative estimate of drug-likeness (QED) is 0.502. The summed E-state index contributed by atoms with van der Waals surface area (Å²) in [6.45, 7) is 7.69. The summed E-state index contributed by atoms with van der Waals surface area (Å²) in [4.78, 5) is 12.4. The molecule has 0 aromatic rings. The first-order valence-corrected chi connectivity index (χ1v) is 8.59. The van der Waals surface area contributed by atoms with Gasteiger partial charge in [-0.3, -0.25) is 4.79 Å². The number of nitrogens with one attached hydrogen (secondary N) is 1. The van der Waals surface area contributed by atoms with E-state index in [2.05, 4.69) is 26.1 Å². The molecule has 0 radical (unpaired) electrons. The molecule has 0 fully saturated rings. The van der Waals surface area contributed by atoms with Crippen LogP contribution in [0.25, 0.3) is 0 Å². The number of nitrogens with two attached hydrogens (primary N) is 1. The third-order valence-corrected chi connectivity index (χ3v) is 4.14. The third kappa shape index (κ3) is 8.57. The van der Waals surface area contributed by atoms with E-state index in [4.69, 9.17) is 5.73 Å². The molecule has 3 heteroatoms. The van der Waals surface area contributed by atoms with E-state index in [1.165, 1.54) is 38.5 Å². The second kappa shape index (κ2) is 12.2. The van der Waals surface area contributed by atoms with Crippen LogP contribution >= 0.6 is 0 Å². The van der Waals surface area contributed by atoms with Crippen LogP contribution in [0.1, 0.15) is 85.0 Å². The summed E-state index contributed by atoms with van der Waals surface area (Å²) in [7, 11) is 0. The smallest absolute Gasteiger partial charge is 0.225 e. The molecule has 1 amide bonds. The second-order valence-electron chi connectivity index (χ2n) is 6.23. The molecule has 0 aliphatic rings. The molecule has 0 heterocycles. The van der Waals surface area contributed by atoms with Gasteiger partial charge >= 0.3 is 0 Å². The van der Waals surface area contributed by atoms with Crippen LogP contribution in [0.3, 0.4) is 0 Å². The number of hydrogen-bond donors (Lipinski definition) is 2. The lowest BCUT2D eigenvalue weighted by Crippen LogP contribution is -2.41. The van der Waals surface area contributed by atoms with Gasteiger partial charge in [-0.05, 0) is 12.8 Å². The number of hydrogen-bond acceptors (Lipinski definition) is 2. The summed E-state index contributed by atoms with van der Waals surface area (Å²) in [5, 5.41) is 2.99. The first-order valence-electron chi connectivity index (χ1n) is 8.59. The Kier molecular flexibility index (Phi) is 11.8. The molecule has 0 aliphatic carbocycles. The van der Waals surface area contributed by atoms with Crippen LogP contribution in [0, 0.1) is 5.41 Å². The van der Waals surface area contributed by atoms with Gasteiger partial charge in [0, 0.05) is 18.5 Å². The second-order valence-corrected chi connectivity index (χ2v) is 6.23. The number of carbonyl (C=O) groups excluding carboxylic acids is 1. The van der Waals surface area contributed by atoms with Gasteiger partial charge in [-0.1, -0.05) is 72.1 Å². The van der Waals surface area contributed by atoms with Crippen molar-refractivity contribution in [2.75, 3.05) is 13.1 Å². The monoisotopic (exact) mass is 284 g/mol. The van der Waals surface area contributed by atoms with Crippen molar-refractivity contribution in [3.8, 4) is 0 Å². The van der Waals surface area contributed by atoms with E-state index < -0.39 is 0 Å². The Labute approximate surface area is 126 Å². The van der Waals surface area contributed by atoms with Gasteiger partial charge < -0.3 is 11.1 Å². The molecule has 3 N–H and O–H groups in total. The molecule has 0 bridgehead atoms. The van der Waals surface area contributed by atoms with Crippen LogP contribution in [0.2, 0.25) is 0 Å². The Morgan fingerprint density at radius 2 is 1.45 bits per heavy atom. The maximum Gasteiger partial charge on any atom is 0.225 e. The standard InChI is InChI=1S/C17H36N2O/c1-4-6-8-10-12-17(3,13-11-9-7-5-2)16(20)19-15-14-18/h4-15,18H2,1-3H3,(H,19,20). The molecule has 0 aromatic heterocycles. The van der Waals surface area contributed by atoms with Crippen molar-refractivity contribution in [2.24, 2.45) is 11.1 Å². The van der Waals surface area contributed by atoms with Crippen molar-refractivity contribution >= 4 is 5.91 Å². The molecule has 0 rings (SSSR count). The first kappa shape index (κ1) is 19.4. The summed E-state index contributed by atoms with van der Waals surface area (Å²) in [6, 6.07) is 0. The fourth-order valence-corrected chi connectivity index (χ4v) is 2.64. The van der Waals surface area contributed by atoms with Crippen molar-refractivity contribution in [3.63, 3.8) is 0 Å². The molecule has 3 nitrogen and oxygen atoms in total. The van der Waals surface area contributed by atoms with Crippen LogP contribution < -0.4 is 11.1 Å². The van der Waals surface area contributed by atoms with Gasteiger partial charge in [0.1, 0.15) is 0 Å². The van der Waals surface area contributed by atoms with Crippen molar-refractivity contribution in [2.45, 2.75) is 85.0 Å². The summed E-state index contributed by atoms with van der Waals surface area (Å²) in [6.07, 6.45) is 11.9. The SMILES string of the molecule is CCCCCCC(C)(CCCCCC)C(=O)NCCN. The Morgan fingerprint density at radius 1 is 0.950 bits per heavy atom. The van der Waals surface area contributed by atoms with Crippen molar-refractivity contribution in [1.29, 1.82) is 0 Å². The van der Waals surface area contributed by atoms with E-state index in [0.29, 0.717) is 13.1 Å². The number of amides is 1. The van der Waals surface area contributed by atoms with E-state index in [1.807, 2.05) is 0 Å². The average molecular weight is 284 g/mol. The summed E-state index contributed by atoms with van der Waals surface area (Å²) < 4.78 is 0. The van der Waals surface area contributed by atoms with E-state index in [0.717, 1.165) is 25.7 Å². The minimum Gasteiger partial charge on any atom is -0.354 e. The number of rotatable bonds is 13. The maximum absolute atomic E-state index is 12.4. The highest BCUT2D eigenvalue weighted by atomic mass is 16.2. The molecule has 0 saturated carbocycles. The predicted molar refractivity (Wildman–Crippen MR) is 87.7 cm³/mol. The van der Waals surface area contributed by atoms with Gasteiger partial charge in [0.2, 0.25) is 5.91 Å². The first-order chi connectivity index (χ1) is 9.60. The van der Waals surface area contributed by atoms with E-state index in [9.17, 15) is 4.79 Å². The summed E-state index contributed by atoms with van der Waals surface area (Å²) in [5.74, 6) is 0.205. The van der Waals surface area contributed by atoms with Gasteiger partial charge in [-0.15, -0.1) is 0 Å². The topological polar surface area (TPSA) is 55.1 Å². The Balaban J connectivity index is 4.29. The molecule has 0 aliphatic heterocycles. The minimum absolute atomic E-state index is 0.198.